The molecule has 1 unspecified atom stereocenters. The van der Waals surface area contributed by atoms with Gasteiger partial charge in [0.05, 0.1) is 0 Å². The van der Waals surface area contributed by atoms with Crippen LogP contribution in [0.3, 0.4) is 0 Å². The molecule has 0 spiro atoms. The van der Waals surface area contributed by atoms with Gasteiger partial charge in [0.15, 0.2) is 0 Å². The summed E-state index contributed by atoms with van der Waals surface area (Å²) in [6, 6.07) is -4.67. The third kappa shape index (κ3) is 1.39. The molecule has 1 aliphatic rings. The van der Waals surface area contributed by atoms with Gasteiger partial charge in [-0.05, 0) is 4.53 Å². The van der Waals surface area contributed by atoms with Gasteiger partial charge in [-0.15, -0.1) is 4.94 Å². The lowest BCUT2D eigenvalue weighted by Crippen LogP contribution is -2.41. The number of hydrogen-bond acceptors (Lipinski definition) is 3. The van der Waals surface area contributed by atoms with Crippen LogP contribution >= 0.6 is 0 Å². The van der Waals surface area contributed by atoms with E-state index in [1.807, 2.05) is 0 Å². The highest BCUT2D eigenvalue weighted by molar-refractivity contribution is 4.93. The van der Waals surface area contributed by atoms with Crippen molar-refractivity contribution in [1.82, 2.24) is 0 Å². The Labute approximate surface area is 66.4 Å². The van der Waals surface area contributed by atoms with E-state index >= 15 is 0 Å². The Kier molecular flexibility index (Phi) is 2.06. The van der Waals surface area contributed by atoms with E-state index in [2.05, 4.69) is 14.4 Å². The highest BCUT2D eigenvalue weighted by Crippen LogP contribution is 2.46. The number of rotatable bonds is 1. The van der Waals surface area contributed by atoms with Crippen LogP contribution in [-0.4, -0.2) is 12.1 Å². The fraction of sp³-hybridized carbons (Fsp3) is 0.500. The molecule has 1 rings (SSSR count). The highest BCUT2D eigenvalue weighted by Gasteiger charge is 2.71. The second kappa shape index (κ2) is 2.69. The van der Waals surface area contributed by atoms with Crippen molar-refractivity contribution in [3.63, 3.8) is 0 Å². The van der Waals surface area contributed by atoms with Crippen molar-refractivity contribution in [2.75, 3.05) is 0 Å². The minimum Gasteiger partial charge on any atom is -0.390 e. The normalized spacial score (nSPS) is 31.1. The molecule has 0 saturated carbocycles. The van der Waals surface area contributed by atoms with Gasteiger partial charge in [0.1, 0.15) is 0 Å². The zero-order valence-electron chi connectivity index (χ0n) is 5.49. The monoisotopic (exact) mass is 210 g/mol. The van der Waals surface area contributed by atoms with E-state index in [1.54, 1.807) is 0 Å². The fourth-order valence-electron chi connectivity index (χ4n) is 0.515. The molecule has 13 heavy (non-hydrogen) atoms. The quantitative estimate of drug-likeness (QED) is 0.621. The van der Waals surface area contributed by atoms with Crippen LogP contribution < -0.4 is 0 Å². The molecule has 0 aromatic carbocycles. The molecule has 0 aliphatic carbocycles. The summed E-state index contributed by atoms with van der Waals surface area (Å²) in [5.74, 6) is -2.12. The molecule has 3 nitrogen and oxygen atoms in total. The number of ether oxygens (including phenoxy) is 2. The maximum atomic E-state index is 12.4. The van der Waals surface area contributed by atoms with Gasteiger partial charge in [0, 0.05) is 0 Å². The predicted octanol–water partition coefficient (Wildman–Crippen LogP) is 2.22. The first-order valence-corrected chi connectivity index (χ1v) is 2.62. The molecule has 1 saturated heterocycles. The second-order valence-corrected chi connectivity index (χ2v) is 1.88. The van der Waals surface area contributed by atoms with Crippen LogP contribution in [0.15, 0.2) is 12.0 Å². The summed E-state index contributed by atoms with van der Waals surface area (Å²) in [7, 11) is 0. The van der Waals surface area contributed by atoms with Crippen LogP contribution in [0.2, 0.25) is 0 Å². The van der Waals surface area contributed by atoms with E-state index in [-0.39, 0.29) is 0 Å². The first-order chi connectivity index (χ1) is 5.82. The molecule has 9 heteroatoms. The highest BCUT2D eigenvalue weighted by atomic mass is 19.3. The molecule has 1 heterocycles. The maximum Gasteiger partial charge on any atom is 0.507 e. The fourth-order valence-corrected chi connectivity index (χ4v) is 0.515. The molecule has 76 valence electrons. The minimum absolute atomic E-state index is 2.06. The molecule has 1 aliphatic heterocycles. The molecule has 1 atom stereocenters. The summed E-state index contributed by atoms with van der Waals surface area (Å²) in [4.78, 5) is 2.06. The zero-order chi connectivity index (χ0) is 10.3. The minimum atomic E-state index is -4.97. The Morgan fingerprint density at radius 1 is 1.15 bits per heavy atom. The standard InChI is InChI=1S/C4F6O3/c5-1(6)2-11-3(7,8)4(9,12-2)13-10. The summed E-state index contributed by atoms with van der Waals surface area (Å²) in [5.41, 5.74) is 0. The summed E-state index contributed by atoms with van der Waals surface area (Å²) >= 11 is 0. The largest absolute Gasteiger partial charge is 0.507 e. The van der Waals surface area contributed by atoms with Crippen LogP contribution in [0.5, 0.6) is 0 Å². The molecular formula is C4F6O3. The average molecular weight is 210 g/mol. The smallest absolute Gasteiger partial charge is 0.390 e. The summed E-state index contributed by atoms with van der Waals surface area (Å²) < 4.78 is 76.9. The summed E-state index contributed by atoms with van der Waals surface area (Å²) in [6.07, 6.45) is -7.84. The van der Waals surface area contributed by atoms with Gasteiger partial charge in [0.25, 0.3) is 0 Å². The van der Waals surface area contributed by atoms with E-state index < -0.39 is 24.2 Å². The number of halogens is 6. The van der Waals surface area contributed by atoms with Gasteiger partial charge in [0.2, 0.25) is 0 Å². The Bertz CT molecular complexity index is 248. The Balaban J connectivity index is 2.99. The van der Waals surface area contributed by atoms with Crippen molar-refractivity contribution < 1.29 is 40.9 Å². The van der Waals surface area contributed by atoms with E-state index in [9.17, 15) is 26.5 Å². The lowest BCUT2D eigenvalue weighted by molar-refractivity contribution is -0.458. The number of hydrogen-bond donors (Lipinski definition) is 0. The Morgan fingerprint density at radius 2 is 1.69 bits per heavy atom. The van der Waals surface area contributed by atoms with E-state index in [0.29, 0.717) is 0 Å². The van der Waals surface area contributed by atoms with Crippen LogP contribution in [0, 0.1) is 0 Å². The molecule has 0 N–H and O–H groups in total. The van der Waals surface area contributed by atoms with E-state index in [0.717, 1.165) is 0 Å². The zero-order valence-corrected chi connectivity index (χ0v) is 5.49. The molecule has 0 aromatic heterocycles. The first-order valence-electron chi connectivity index (χ1n) is 2.62. The van der Waals surface area contributed by atoms with Crippen LogP contribution in [0.25, 0.3) is 0 Å². The summed E-state index contributed by atoms with van der Waals surface area (Å²) in [6.45, 7) is 0. The maximum absolute atomic E-state index is 12.4. The first kappa shape index (κ1) is 9.96. The van der Waals surface area contributed by atoms with Gasteiger partial charge in [-0.3, -0.25) is 0 Å². The van der Waals surface area contributed by atoms with Gasteiger partial charge in [-0.25, -0.2) is 0 Å². The molecule has 1 fully saturated rings. The Hall–Kier alpha value is -1.12. The van der Waals surface area contributed by atoms with Gasteiger partial charge in [-0.2, -0.15) is 22.0 Å². The van der Waals surface area contributed by atoms with Crippen molar-refractivity contribution in [2.24, 2.45) is 0 Å². The lowest BCUT2D eigenvalue weighted by Gasteiger charge is -2.14. The molecule has 0 bridgehead atoms. The van der Waals surface area contributed by atoms with E-state index in [4.69, 9.17) is 0 Å². The van der Waals surface area contributed by atoms with Crippen molar-refractivity contribution in [2.45, 2.75) is 12.1 Å². The van der Waals surface area contributed by atoms with Crippen molar-refractivity contribution in [3.05, 3.63) is 12.0 Å². The third-order valence-corrected chi connectivity index (χ3v) is 1.05. The Morgan fingerprint density at radius 3 is 1.92 bits per heavy atom. The topological polar surface area (TPSA) is 27.7 Å². The molecular weight excluding hydrogens is 210 g/mol. The van der Waals surface area contributed by atoms with Gasteiger partial charge in [-0.1, -0.05) is 0 Å². The lowest BCUT2D eigenvalue weighted by atomic mass is 10.6. The van der Waals surface area contributed by atoms with Crippen molar-refractivity contribution >= 4 is 0 Å². The third-order valence-electron chi connectivity index (χ3n) is 1.05. The molecule has 0 aromatic rings. The summed E-state index contributed by atoms with van der Waals surface area (Å²) in [5, 5.41) is 0. The van der Waals surface area contributed by atoms with Gasteiger partial charge >= 0.3 is 24.2 Å². The van der Waals surface area contributed by atoms with E-state index in [1.165, 1.54) is 0 Å². The molecule has 0 radical (unpaired) electrons. The van der Waals surface area contributed by atoms with Crippen molar-refractivity contribution in [3.8, 4) is 0 Å². The predicted molar refractivity (Wildman–Crippen MR) is 22.4 cm³/mol. The second-order valence-electron chi connectivity index (χ2n) is 1.88. The van der Waals surface area contributed by atoms with Crippen molar-refractivity contribution in [1.29, 1.82) is 0 Å². The van der Waals surface area contributed by atoms with Gasteiger partial charge < -0.3 is 9.47 Å². The van der Waals surface area contributed by atoms with Crippen LogP contribution in [0.1, 0.15) is 0 Å². The van der Waals surface area contributed by atoms with Crippen LogP contribution in [-0.2, 0) is 14.4 Å². The average Bonchev–Trinajstić information content (AvgIpc) is 2.24. The molecule has 0 amide bonds. The number of alkyl halides is 3. The SMILES string of the molecule is FOC1(F)OC(=C(F)F)OC1(F)F. The van der Waals surface area contributed by atoms with Crippen LogP contribution in [0.4, 0.5) is 26.5 Å².